The van der Waals surface area contributed by atoms with Crippen molar-refractivity contribution in [2.75, 3.05) is 6.79 Å². The molecule has 0 fully saturated rings. The van der Waals surface area contributed by atoms with E-state index in [2.05, 4.69) is 0 Å². The molecule has 23 heavy (non-hydrogen) atoms. The van der Waals surface area contributed by atoms with Gasteiger partial charge in [-0.3, -0.25) is 10.1 Å². The number of fused-ring (bicyclic) bond motifs is 1. The Bertz CT molecular complexity index is 786. The van der Waals surface area contributed by atoms with Gasteiger partial charge in [0.25, 0.3) is 5.69 Å². The quantitative estimate of drug-likeness (QED) is 0.489. The Morgan fingerprint density at radius 3 is 2.70 bits per heavy atom. The van der Waals surface area contributed by atoms with Gasteiger partial charge in [-0.25, -0.2) is 4.79 Å². The maximum atomic E-state index is 12.2. The van der Waals surface area contributed by atoms with Crippen molar-refractivity contribution in [3.63, 3.8) is 0 Å². The van der Waals surface area contributed by atoms with Crippen molar-refractivity contribution in [3.05, 3.63) is 63.2 Å². The first-order valence-electron chi connectivity index (χ1n) is 6.85. The van der Waals surface area contributed by atoms with Crippen LogP contribution < -0.4 is 9.47 Å². The van der Waals surface area contributed by atoms with E-state index in [1.165, 1.54) is 12.1 Å². The molecule has 0 spiro atoms. The van der Waals surface area contributed by atoms with Crippen molar-refractivity contribution < 1.29 is 23.9 Å². The van der Waals surface area contributed by atoms with E-state index in [9.17, 15) is 14.9 Å². The Kier molecular flexibility index (Phi) is 3.84. The van der Waals surface area contributed by atoms with Crippen LogP contribution in [0.2, 0.25) is 0 Å². The highest BCUT2D eigenvalue weighted by molar-refractivity contribution is 5.95. The average molecular weight is 315 g/mol. The largest absolute Gasteiger partial charge is 0.457 e. The van der Waals surface area contributed by atoms with Gasteiger partial charge in [0.05, 0.1) is 11.0 Å². The summed E-state index contributed by atoms with van der Waals surface area (Å²) in [6.07, 6.45) is 0. The zero-order chi connectivity index (χ0) is 16.4. The molecular formula is C16H13NO6. The lowest BCUT2D eigenvalue weighted by atomic mass is 10.1. The summed E-state index contributed by atoms with van der Waals surface area (Å²) in [4.78, 5) is 22.7. The Morgan fingerprint density at radius 1 is 1.26 bits per heavy atom. The van der Waals surface area contributed by atoms with Gasteiger partial charge in [0, 0.05) is 6.07 Å². The van der Waals surface area contributed by atoms with Crippen molar-refractivity contribution in [3.8, 4) is 11.5 Å². The minimum absolute atomic E-state index is 0.0335. The molecule has 2 aromatic rings. The molecule has 3 rings (SSSR count). The highest BCUT2D eigenvalue weighted by atomic mass is 16.7. The lowest BCUT2D eigenvalue weighted by molar-refractivity contribution is -0.385. The van der Waals surface area contributed by atoms with E-state index in [1.807, 2.05) is 31.2 Å². The molecule has 1 heterocycles. The molecule has 0 bridgehead atoms. The number of nitrogens with zero attached hydrogens (tertiary/aromatic N) is 1. The first kappa shape index (κ1) is 14.8. The van der Waals surface area contributed by atoms with E-state index >= 15 is 0 Å². The van der Waals surface area contributed by atoms with Crippen LogP contribution in [-0.4, -0.2) is 17.7 Å². The third kappa shape index (κ3) is 3.08. The number of carbonyl (C=O) groups excluding carboxylic acids is 1. The van der Waals surface area contributed by atoms with Crippen LogP contribution in [0.15, 0.2) is 36.4 Å². The second kappa shape index (κ2) is 5.96. The summed E-state index contributed by atoms with van der Waals surface area (Å²) in [7, 11) is 0. The number of esters is 1. The molecule has 7 nitrogen and oxygen atoms in total. The van der Waals surface area contributed by atoms with Crippen molar-refractivity contribution in [2.45, 2.75) is 13.5 Å². The summed E-state index contributed by atoms with van der Waals surface area (Å²) in [5.41, 5.74) is 1.31. The second-order valence-corrected chi connectivity index (χ2v) is 5.04. The predicted octanol–water partition coefficient (Wildman–Crippen LogP) is 2.99. The monoisotopic (exact) mass is 315 g/mol. The smallest absolute Gasteiger partial charge is 0.345 e. The van der Waals surface area contributed by atoms with Crippen LogP contribution >= 0.6 is 0 Å². The van der Waals surface area contributed by atoms with E-state index in [4.69, 9.17) is 14.2 Å². The Morgan fingerprint density at radius 2 is 2.00 bits per heavy atom. The third-order valence-electron chi connectivity index (χ3n) is 3.36. The number of nitro benzene ring substituents is 1. The number of carbonyl (C=O) groups is 1. The third-order valence-corrected chi connectivity index (χ3v) is 3.36. The Labute approximate surface area is 131 Å². The topological polar surface area (TPSA) is 87.9 Å². The minimum Gasteiger partial charge on any atom is -0.457 e. The van der Waals surface area contributed by atoms with Crippen LogP contribution in [0.5, 0.6) is 11.5 Å². The van der Waals surface area contributed by atoms with Crippen LogP contribution in [0.25, 0.3) is 0 Å². The number of hydrogen-bond acceptors (Lipinski definition) is 6. The first-order valence-corrected chi connectivity index (χ1v) is 6.85. The SMILES string of the molecule is Cc1cccc(COC(=O)c2cc3c(cc2[N+](=O)[O-])OCO3)c1. The van der Waals surface area contributed by atoms with Crippen LogP contribution in [0, 0.1) is 17.0 Å². The average Bonchev–Trinajstić information content (AvgIpc) is 2.98. The van der Waals surface area contributed by atoms with Crippen molar-refractivity contribution in [1.82, 2.24) is 0 Å². The number of aryl methyl sites for hydroxylation is 1. The minimum atomic E-state index is -0.781. The normalized spacial score (nSPS) is 12.0. The van der Waals surface area contributed by atoms with Gasteiger partial charge in [-0.15, -0.1) is 0 Å². The van der Waals surface area contributed by atoms with Crippen LogP contribution in [0.4, 0.5) is 5.69 Å². The van der Waals surface area contributed by atoms with Crippen molar-refractivity contribution >= 4 is 11.7 Å². The van der Waals surface area contributed by atoms with Gasteiger partial charge in [0.15, 0.2) is 11.5 Å². The molecular weight excluding hydrogens is 302 g/mol. The van der Waals surface area contributed by atoms with E-state index < -0.39 is 10.9 Å². The van der Waals surface area contributed by atoms with Gasteiger partial charge in [-0.05, 0) is 12.5 Å². The van der Waals surface area contributed by atoms with E-state index in [-0.39, 0.29) is 36.1 Å². The summed E-state index contributed by atoms with van der Waals surface area (Å²) in [6.45, 7) is 1.92. The fourth-order valence-electron chi connectivity index (χ4n) is 2.27. The molecule has 1 aliphatic heterocycles. The van der Waals surface area contributed by atoms with Crippen LogP contribution in [0.1, 0.15) is 21.5 Å². The fraction of sp³-hybridized carbons (Fsp3) is 0.188. The fourth-order valence-corrected chi connectivity index (χ4v) is 2.27. The van der Waals surface area contributed by atoms with Gasteiger partial charge in [-0.2, -0.15) is 0 Å². The van der Waals surface area contributed by atoms with Gasteiger partial charge >= 0.3 is 5.97 Å². The molecule has 0 atom stereocenters. The number of hydrogen-bond donors (Lipinski definition) is 0. The molecule has 0 unspecified atom stereocenters. The molecule has 0 radical (unpaired) electrons. The molecule has 118 valence electrons. The number of nitro groups is 1. The molecule has 0 amide bonds. The molecule has 0 aromatic heterocycles. The molecule has 2 aromatic carbocycles. The van der Waals surface area contributed by atoms with Gasteiger partial charge in [-0.1, -0.05) is 29.8 Å². The van der Waals surface area contributed by atoms with Crippen LogP contribution in [-0.2, 0) is 11.3 Å². The number of ether oxygens (including phenoxy) is 3. The van der Waals surface area contributed by atoms with E-state index in [0.717, 1.165) is 11.1 Å². The molecule has 1 aliphatic rings. The summed E-state index contributed by atoms with van der Waals surface area (Å²) in [5, 5.41) is 11.1. The van der Waals surface area contributed by atoms with Crippen molar-refractivity contribution in [1.29, 1.82) is 0 Å². The summed E-state index contributed by atoms with van der Waals surface area (Å²) < 4.78 is 15.4. The van der Waals surface area contributed by atoms with E-state index in [1.54, 1.807) is 0 Å². The molecule has 7 heteroatoms. The van der Waals surface area contributed by atoms with Crippen molar-refractivity contribution in [2.24, 2.45) is 0 Å². The molecule has 0 N–H and O–H groups in total. The maximum Gasteiger partial charge on any atom is 0.345 e. The highest BCUT2D eigenvalue weighted by Crippen LogP contribution is 2.38. The van der Waals surface area contributed by atoms with Gasteiger partial charge in [0.1, 0.15) is 12.2 Å². The zero-order valence-corrected chi connectivity index (χ0v) is 12.3. The van der Waals surface area contributed by atoms with Gasteiger partial charge in [0.2, 0.25) is 6.79 Å². The lowest BCUT2D eigenvalue weighted by Gasteiger charge is -2.07. The number of benzene rings is 2. The van der Waals surface area contributed by atoms with Gasteiger partial charge < -0.3 is 14.2 Å². The highest BCUT2D eigenvalue weighted by Gasteiger charge is 2.28. The maximum absolute atomic E-state index is 12.2. The first-order chi connectivity index (χ1) is 11.0. The summed E-state index contributed by atoms with van der Waals surface area (Å²) in [6, 6.07) is 9.91. The second-order valence-electron chi connectivity index (χ2n) is 5.04. The zero-order valence-electron chi connectivity index (χ0n) is 12.3. The lowest BCUT2D eigenvalue weighted by Crippen LogP contribution is -2.08. The molecule has 0 saturated carbocycles. The molecule has 0 saturated heterocycles. The number of rotatable bonds is 4. The standard InChI is InChI=1S/C16H13NO6/c1-10-3-2-4-11(5-10)8-21-16(18)12-6-14-15(23-9-22-14)7-13(12)17(19)20/h2-7H,8-9H2,1H3. The summed E-state index contributed by atoms with van der Waals surface area (Å²) >= 11 is 0. The molecule has 0 aliphatic carbocycles. The van der Waals surface area contributed by atoms with E-state index in [0.29, 0.717) is 0 Å². The Hall–Kier alpha value is -3.09. The predicted molar refractivity (Wildman–Crippen MR) is 79.5 cm³/mol. The Balaban J connectivity index is 1.83. The van der Waals surface area contributed by atoms with Crippen LogP contribution in [0.3, 0.4) is 0 Å². The summed E-state index contributed by atoms with van der Waals surface area (Å²) in [5.74, 6) is -0.249.